The van der Waals surface area contributed by atoms with Gasteiger partial charge in [-0.15, -0.1) is 0 Å². The summed E-state index contributed by atoms with van der Waals surface area (Å²) >= 11 is 0. The fraction of sp³-hybridized carbons (Fsp3) is 0.222. The Morgan fingerprint density at radius 1 is 1.00 bits per heavy atom. The Hall–Kier alpha value is -2.31. The first-order valence-electron chi connectivity index (χ1n) is 7.57. The summed E-state index contributed by atoms with van der Waals surface area (Å²) in [5.41, 5.74) is 3.82. The molecule has 0 aliphatic carbocycles. The van der Waals surface area contributed by atoms with Gasteiger partial charge in [0.1, 0.15) is 5.75 Å². The van der Waals surface area contributed by atoms with E-state index < -0.39 is 10.8 Å². The standard InChI is InChI=1S/C18H18N2O3S/c1-13-2-8-16(9-3-13)18-19-17(23-20-18)12-24(22)11-15-6-4-14(10-21)5-7-15/h2-9,21H,10-12H2,1H3. The monoisotopic (exact) mass is 342 g/mol. The first-order valence-corrected chi connectivity index (χ1v) is 9.06. The van der Waals surface area contributed by atoms with Gasteiger partial charge in [0.2, 0.25) is 11.7 Å². The number of aryl methyl sites for hydroxylation is 1. The molecule has 124 valence electrons. The summed E-state index contributed by atoms with van der Waals surface area (Å²) in [5, 5.41) is 13.0. The topological polar surface area (TPSA) is 76.2 Å². The van der Waals surface area contributed by atoms with Gasteiger partial charge >= 0.3 is 0 Å². The minimum absolute atomic E-state index is 0.00708. The second-order valence-corrected chi connectivity index (χ2v) is 7.04. The molecule has 0 bridgehead atoms. The van der Waals surface area contributed by atoms with Gasteiger partial charge in [-0.1, -0.05) is 59.3 Å². The number of aromatic nitrogens is 2. The van der Waals surface area contributed by atoms with Crippen LogP contribution in [-0.2, 0) is 28.9 Å². The second-order valence-electron chi connectivity index (χ2n) is 5.58. The molecule has 0 aliphatic heterocycles. The normalized spacial score (nSPS) is 12.2. The lowest BCUT2D eigenvalue weighted by Crippen LogP contribution is -2.00. The molecule has 0 aliphatic rings. The summed E-state index contributed by atoms with van der Waals surface area (Å²) in [5.74, 6) is 1.51. The first-order chi connectivity index (χ1) is 11.6. The highest BCUT2D eigenvalue weighted by Gasteiger charge is 2.12. The highest BCUT2D eigenvalue weighted by Crippen LogP contribution is 2.17. The Kier molecular flexibility index (Phi) is 5.17. The van der Waals surface area contributed by atoms with Gasteiger partial charge in [0.05, 0.1) is 6.61 Å². The van der Waals surface area contributed by atoms with Gasteiger partial charge in [-0.05, 0) is 18.1 Å². The number of aliphatic hydroxyl groups excluding tert-OH is 1. The van der Waals surface area contributed by atoms with Gasteiger partial charge in [-0.2, -0.15) is 4.98 Å². The van der Waals surface area contributed by atoms with Crippen LogP contribution >= 0.6 is 0 Å². The number of hydrogen-bond donors (Lipinski definition) is 1. The van der Waals surface area contributed by atoms with Crippen molar-refractivity contribution in [2.24, 2.45) is 0 Å². The molecule has 6 heteroatoms. The van der Waals surface area contributed by atoms with Crippen molar-refractivity contribution >= 4 is 10.8 Å². The molecular formula is C18H18N2O3S. The molecule has 1 atom stereocenters. The molecule has 2 aromatic carbocycles. The molecule has 0 fully saturated rings. The summed E-state index contributed by atoms with van der Waals surface area (Å²) in [7, 11) is -1.14. The summed E-state index contributed by atoms with van der Waals surface area (Å²) in [4.78, 5) is 4.32. The van der Waals surface area contributed by atoms with Crippen molar-refractivity contribution in [3.8, 4) is 11.4 Å². The van der Waals surface area contributed by atoms with E-state index in [4.69, 9.17) is 9.63 Å². The molecule has 24 heavy (non-hydrogen) atoms. The predicted octanol–water partition coefficient (Wildman–Crippen LogP) is 2.99. The average Bonchev–Trinajstić information content (AvgIpc) is 3.04. The van der Waals surface area contributed by atoms with Crippen molar-refractivity contribution < 1.29 is 13.8 Å². The van der Waals surface area contributed by atoms with Crippen LogP contribution in [-0.4, -0.2) is 19.5 Å². The third-order valence-corrected chi connectivity index (χ3v) is 4.82. The molecule has 0 amide bonds. The van der Waals surface area contributed by atoms with E-state index in [0.717, 1.165) is 22.3 Å². The fourth-order valence-electron chi connectivity index (χ4n) is 2.25. The Labute approximate surface area is 142 Å². The zero-order valence-electron chi connectivity index (χ0n) is 13.3. The van der Waals surface area contributed by atoms with E-state index in [1.807, 2.05) is 55.5 Å². The van der Waals surface area contributed by atoms with E-state index >= 15 is 0 Å². The van der Waals surface area contributed by atoms with Crippen LogP contribution in [0.2, 0.25) is 0 Å². The fourth-order valence-corrected chi connectivity index (χ4v) is 3.31. The van der Waals surface area contributed by atoms with Crippen molar-refractivity contribution in [3.63, 3.8) is 0 Å². The van der Waals surface area contributed by atoms with Crippen LogP contribution in [0.4, 0.5) is 0 Å². The van der Waals surface area contributed by atoms with E-state index in [-0.39, 0.29) is 12.4 Å². The van der Waals surface area contributed by atoms with E-state index in [2.05, 4.69) is 10.1 Å². The van der Waals surface area contributed by atoms with Gasteiger partial charge in [-0.3, -0.25) is 4.21 Å². The summed E-state index contributed by atoms with van der Waals surface area (Å²) in [6.07, 6.45) is 0. The molecule has 0 saturated carbocycles. The molecule has 1 heterocycles. The molecule has 5 nitrogen and oxygen atoms in total. The maximum Gasteiger partial charge on any atom is 0.239 e. The van der Waals surface area contributed by atoms with Crippen molar-refractivity contribution in [1.29, 1.82) is 0 Å². The average molecular weight is 342 g/mol. The van der Waals surface area contributed by atoms with Gasteiger partial charge in [0, 0.05) is 22.1 Å². The lowest BCUT2D eigenvalue weighted by atomic mass is 10.1. The van der Waals surface area contributed by atoms with Gasteiger partial charge in [0.15, 0.2) is 0 Å². The predicted molar refractivity (Wildman–Crippen MR) is 92.4 cm³/mol. The largest absolute Gasteiger partial charge is 0.392 e. The van der Waals surface area contributed by atoms with Gasteiger partial charge in [-0.25, -0.2) is 0 Å². The Morgan fingerprint density at radius 2 is 1.67 bits per heavy atom. The lowest BCUT2D eigenvalue weighted by Gasteiger charge is -2.01. The molecule has 3 aromatic rings. The first kappa shape index (κ1) is 16.5. The number of rotatable bonds is 6. The van der Waals surface area contributed by atoms with Gasteiger partial charge < -0.3 is 9.63 Å². The Bertz CT molecular complexity index is 826. The number of nitrogens with zero attached hydrogens (tertiary/aromatic N) is 2. The number of aliphatic hydroxyl groups is 1. The number of hydrogen-bond acceptors (Lipinski definition) is 5. The van der Waals surface area contributed by atoms with Gasteiger partial charge in [0.25, 0.3) is 0 Å². The zero-order valence-corrected chi connectivity index (χ0v) is 14.1. The van der Waals surface area contributed by atoms with Crippen LogP contribution in [0.15, 0.2) is 53.1 Å². The molecule has 0 spiro atoms. The molecule has 3 rings (SSSR count). The van der Waals surface area contributed by atoms with Crippen LogP contribution in [0.25, 0.3) is 11.4 Å². The van der Waals surface area contributed by atoms with E-state index in [9.17, 15) is 4.21 Å². The zero-order chi connectivity index (χ0) is 16.9. The molecule has 1 unspecified atom stereocenters. The third-order valence-electron chi connectivity index (χ3n) is 3.60. The molecule has 1 N–H and O–H groups in total. The van der Waals surface area contributed by atoms with E-state index in [1.165, 1.54) is 0 Å². The SMILES string of the molecule is Cc1ccc(-c2noc(CS(=O)Cc3ccc(CO)cc3)n2)cc1. The van der Waals surface area contributed by atoms with Crippen LogP contribution in [0, 0.1) is 6.92 Å². The van der Waals surface area contributed by atoms with Crippen molar-refractivity contribution in [2.45, 2.75) is 25.0 Å². The Morgan fingerprint density at radius 3 is 2.33 bits per heavy atom. The summed E-state index contributed by atoms with van der Waals surface area (Å²) in [6, 6.07) is 15.2. The highest BCUT2D eigenvalue weighted by molar-refractivity contribution is 7.83. The lowest BCUT2D eigenvalue weighted by molar-refractivity contribution is 0.282. The van der Waals surface area contributed by atoms with E-state index in [1.54, 1.807) is 0 Å². The van der Waals surface area contributed by atoms with Crippen molar-refractivity contribution in [2.75, 3.05) is 0 Å². The summed E-state index contributed by atoms with van der Waals surface area (Å²) in [6.45, 7) is 2.02. The maximum atomic E-state index is 12.3. The second kappa shape index (κ2) is 7.51. The van der Waals surface area contributed by atoms with Crippen LogP contribution in [0.5, 0.6) is 0 Å². The minimum atomic E-state index is -1.14. The van der Waals surface area contributed by atoms with E-state index in [0.29, 0.717) is 17.5 Å². The maximum absolute atomic E-state index is 12.3. The molecule has 0 radical (unpaired) electrons. The third kappa shape index (κ3) is 4.15. The van der Waals surface area contributed by atoms with Crippen LogP contribution in [0.3, 0.4) is 0 Å². The molecular weight excluding hydrogens is 324 g/mol. The van der Waals surface area contributed by atoms with Crippen molar-refractivity contribution in [1.82, 2.24) is 10.1 Å². The quantitative estimate of drug-likeness (QED) is 0.745. The van der Waals surface area contributed by atoms with Crippen LogP contribution < -0.4 is 0 Å². The number of benzene rings is 2. The van der Waals surface area contributed by atoms with Crippen molar-refractivity contribution in [3.05, 3.63) is 71.1 Å². The summed E-state index contributed by atoms with van der Waals surface area (Å²) < 4.78 is 17.5. The highest BCUT2D eigenvalue weighted by atomic mass is 32.2. The van der Waals surface area contributed by atoms with Crippen LogP contribution in [0.1, 0.15) is 22.6 Å². The Balaban J connectivity index is 1.63. The molecule has 1 aromatic heterocycles. The molecule has 0 saturated heterocycles. The minimum Gasteiger partial charge on any atom is -0.392 e. The smallest absolute Gasteiger partial charge is 0.239 e.